The molecule has 36 heavy (non-hydrogen) atoms. The largest absolute Gasteiger partial charge is 0.368 e. The Morgan fingerprint density at radius 1 is 0.917 bits per heavy atom. The lowest BCUT2D eigenvalue weighted by molar-refractivity contribution is 0.257. The first-order valence-corrected chi connectivity index (χ1v) is 13.1. The lowest BCUT2D eigenvalue weighted by Gasteiger charge is -2.35. The summed E-state index contributed by atoms with van der Waals surface area (Å²) in [6.07, 6.45) is 4.64. The number of urea groups is 1. The van der Waals surface area contributed by atoms with Gasteiger partial charge in [0.1, 0.15) is 0 Å². The molecular weight excluding hydrogens is 514 g/mol. The number of anilines is 3. The first-order chi connectivity index (χ1) is 17.6. The number of nitrogens with one attached hydrogen (secondary N) is 1. The minimum Gasteiger partial charge on any atom is -0.368 e. The summed E-state index contributed by atoms with van der Waals surface area (Å²) < 4.78 is 1.10. The van der Waals surface area contributed by atoms with Gasteiger partial charge in [-0.25, -0.2) is 4.79 Å². The number of fused-ring (bicyclic) bond motifs is 2. The number of rotatable bonds is 3. The van der Waals surface area contributed by atoms with E-state index in [0.717, 1.165) is 70.6 Å². The molecule has 0 bridgehead atoms. The van der Waals surface area contributed by atoms with Crippen LogP contribution < -0.4 is 15.1 Å². The molecule has 3 aromatic carbocycles. The average molecular weight is 542 g/mol. The van der Waals surface area contributed by atoms with E-state index in [9.17, 15) is 4.79 Å². The minimum atomic E-state index is -0.0972. The van der Waals surface area contributed by atoms with Crippen LogP contribution in [0.5, 0.6) is 0 Å². The van der Waals surface area contributed by atoms with Crippen LogP contribution in [0.4, 0.5) is 21.9 Å². The Hall–Kier alpha value is -3.42. The number of amides is 2. The second-order valence-corrected chi connectivity index (χ2v) is 10.4. The third-order valence-corrected chi connectivity index (χ3v) is 7.88. The number of hydrogen-bond donors (Lipinski definition) is 1. The number of benzene rings is 3. The van der Waals surface area contributed by atoms with Crippen molar-refractivity contribution in [3.8, 4) is 11.1 Å². The normalized spacial score (nSPS) is 15.8. The molecule has 0 aliphatic carbocycles. The molecule has 182 valence electrons. The van der Waals surface area contributed by atoms with Crippen LogP contribution >= 0.6 is 15.9 Å². The van der Waals surface area contributed by atoms with Crippen LogP contribution in [-0.2, 0) is 6.42 Å². The van der Waals surface area contributed by atoms with E-state index < -0.39 is 0 Å². The fourth-order valence-electron chi connectivity index (χ4n) is 5.17. The van der Waals surface area contributed by atoms with Gasteiger partial charge in [0.05, 0.1) is 11.4 Å². The molecule has 0 atom stereocenters. The van der Waals surface area contributed by atoms with Crippen LogP contribution in [0.15, 0.2) is 77.5 Å². The quantitative estimate of drug-likeness (QED) is 0.345. The van der Waals surface area contributed by atoms with Crippen molar-refractivity contribution in [2.24, 2.45) is 0 Å². The molecule has 2 amide bonds. The summed E-state index contributed by atoms with van der Waals surface area (Å²) in [6.45, 7) is 4.73. The van der Waals surface area contributed by atoms with Gasteiger partial charge in [-0.1, -0.05) is 36.4 Å². The smallest absolute Gasteiger partial charge is 0.326 e. The highest BCUT2D eigenvalue weighted by atomic mass is 79.9. The Bertz CT molecular complexity index is 1420. The van der Waals surface area contributed by atoms with E-state index in [4.69, 9.17) is 0 Å². The van der Waals surface area contributed by atoms with E-state index in [1.807, 2.05) is 53.7 Å². The maximum atomic E-state index is 13.3. The Morgan fingerprint density at radius 3 is 2.50 bits per heavy atom. The van der Waals surface area contributed by atoms with Gasteiger partial charge in [0, 0.05) is 66.2 Å². The van der Waals surface area contributed by atoms with Crippen molar-refractivity contribution in [3.05, 3.63) is 83.1 Å². The highest BCUT2D eigenvalue weighted by molar-refractivity contribution is 9.10. The number of likely N-dealkylation sites (N-methyl/N-ethyl adjacent to an activating group) is 1. The third-order valence-electron chi connectivity index (χ3n) is 7.25. The van der Waals surface area contributed by atoms with Crippen molar-refractivity contribution in [2.45, 2.75) is 6.42 Å². The Kier molecular flexibility index (Phi) is 6.11. The number of halogens is 1. The monoisotopic (exact) mass is 541 g/mol. The van der Waals surface area contributed by atoms with Gasteiger partial charge < -0.3 is 15.1 Å². The van der Waals surface area contributed by atoms with Gasteiger partial charge in [-0.2, -0.15) is 0 Å². The Balaban J connectivity index is 1.21. The maximum absolute atomic E-state index is 13.3. The van der Waals surface area contributed by atoms with Crippen LogP contribution in [0, 0.1) is 0 Å². The number of carbonyl (C=O) groups excluding carboxylic acids is 1. The first kappa shape index (κ1) is 23.0. The van der Waals surface area contributed by atoms with Crippen LogP contribution in [-0.4, -0.2) is 55.7 Å². The molecule has 0 unspecified atom stereocenters. The van der Waals surface area contributed by atoms with Gasteiger partial charge >= 0.3 is 6.03 Å². The number of aromatic nitrogens is 1. The van der Waals surface area contributed by atoms with Crippen LogP contribution in [0.2, 0.25) is 0 Å². The standard InChI is InChI=1S/C29H28BrN5O/c1-33-12-14-34(15-13-33)28-17-27-21(16-26(28)30)10-11-35(27)29(36)32-23-8-6-20(7-9-23)25-19-31-18-22-4-2-3-5-24(22)25/h2-9,16-19H,10-15H2,1H3,(H,32,36). The third kappa shape index (κ3) is 4.33. The van der Waals surface area contributed by atoms with Gasteiger partial charge in [-0.05, 0) is 70.2 Å². The maximum Gasteiger partial charge on any atom is 0.326 e. The summed E-state index contributed by atoms with van der Waals surface area (Å²) in [6, 6.07) is 20.5. The number of pyridine rings is 1. The molecular formula is C29H28BrN5O. The second-order valence-electron chi connectivity index (χ2n) is 9.54. The number of nitrogens with zero attached hydrogens (tertiary/aromatic N) is 4. The molecule has 2 aliphatic heterocycles. The summed E-state index contributed by atoms with van der Waals surface area (Å²) in [5.41, 5.74) is 6.31. The lowest BCUT2D eigenvalue weighted by Crippen LogP contribution is -2.44. The van der Waals surface area contributed by atoms with Gasteiger partial charge in [0.2, 0.25) is 0 Å². The Morgan fingerprint density at radius 2 is 1.69 bits per heavy atom. The fourth-order valence-corrected chi connectivity index (χ4v) is 5.81. The molecule has 6 rings (SSSR count). The van der Waals surface area contributed by atoms with Crippen LogP contribution in [0.3, 0.4) is 0 Å². The number of carbonyl (C=O) groups is 1. The molecule has 1 saturated heterocycles. The van der Waals surface area contributed by atoms with Gasteiger partial charge in [0.15, 0.2) is 0 Å². The zero-order chi connectivity index (χ0) is 24.6. The molecule has 4 aromatic rings. The highest BCUT2D eigenvalue weighted by Crippen LogP contribution is 2.38. The van der Waals surface area contributed by atoms with Crippen molar-refractivity contribution >= 4 is 49.8 Å². The Labute approximate surface area is 219 Å². The average Bonchev–Trinajstić information content (AvgIpc) is 3.32. The summed E-state index contributed by atoms with van der Waals surface area (Å²) in [5, 5.41) is 5.38. The van der Waals surface area contributed by atoms with Gasteiger partial charge in [-0.15, -0.1) is 0 Å². The van der Waals surface area contributed by atoms with Crippen molar-refractivity contribution in [3.63, 3.8) is 0 Å². The second kappa shape index (κ2) is 9.56. The van der Waals surface area contributed by atoms with Crippen molar-refractivity contribution in [2.75, 3.05) is 54.9 Å². The molecule has 0 radical (unpaired) electrons. The van der Waals surface area contributed by atoms with E-state index in [-0.39, 0.29) is 6.03 Å². The van der Waals surface area contributed by atoms with Crippen molar-refractivity contribution < 1.29 is 4.79 Å². The molecule has 1 N–H and O–H groups in total. The summed E-state index contributed by atoms with van der Waals surface area (Å²) >= 11 is 3.77. The number of piperazine rings is 1. The predicted molar refractivity (Wildman–Crippen MR) is 151 cm³/mol. The zero-order valence-electron chi connectivity index (χ0n) is 20.2. The van der Waals surface area contributed by atoms with E-state index in [0.29, 0.717) is 6.54 Å². The van der Waals surface area contributed by atoms with Crippen LogP contribution in [0.1, 0.15) is 5.56 Å². The SMILES string of the molecule is CN1CCN(c2cc3c(cc2Br)CCN3C(=O)Nc2ccc(-c3cncc4ccccc34)cc2)CC1. The fraction of sp³-hybridized carbons (Fsp3) is 0.241. The summed E-state index contributed by atoms with van der Waals surface area (Å²) in [7, 11) is 2.16. The topological polar surface area (TPSA) is 51.7 Å². The van der Waals surface area contributed by atoms with Crippen molar-refractivity contribution in [1.82, 2.24) is 9.88 Å². The molecule has 7 heteroatoms. The van der Waals surface area contributed by atoms with Gasteiger partial charge in [0.25, 0.3) is 0 Å². The lowest BCUT2D eigenvalue weighted by atomic mass is 10.0. The van der Waals surface area contributed by atoms with Gasteiger partial charge in [-0.3, -0.25) is 9.88 Å². The molecule has 1 fully saturated rings. The van der Waals surface area contributed by atoms with E-state index >= 15 is 0 Å². The molecule has 6 nitrogen and oxygen atoms in total. The summed E-state index contributed by atoms with van der Waals surface area (Å²) in [5.74, 6) is 0. The molecule has 0 saturated carbocycles. The predicted octanol–water partition coefficient (Wildman–Crippen LogP) is 6.01. The summed E-state index contributed by atoms with van der Waals surface area (Å²) in [4.78, 5) is 24.3. The van der Waals surface area contributed by atoms with E-state index in [1.165, 1.54) is 10.9 Å². The van der Waals surface area contributed by atoms with Crippen molar-refractivity contribution in [1.29, 1.82) is 0 Å². The minimum absolute atomic E-state index is 0.0972. The van der Waals surface area contributed by atoms with E-state index in [1.54, 1.807) is 0 Å². The zero-order valence-corrected chi connectivity index (χ0v) is 21.8. The molecule has 2 aliphatic rings. The molecule has 1 aromatic heterocycles. The molecule has 3 heterocycles. The highest BCUT2D eigenvalue weighted by Gasteiger charge is 2.28. The first-order valence-electron chi connectivity index (χ1n) is 12.3. The van der Waals surface area contributed by atoms with Crippen LogP contribution in [0.25, 0.3) is 21.9 Å². The molecule has 0 spiro atoms. The van der Waals surface area contributed by atoms with E-state index in [2.05, 4.69) is 67.3 Å². The number of hydrogen-bond acceptors (Lipinski definition) is 4.